The summed E-state index contributed by atoms with van der Waals surface area (Å²) < 4.78 is 7.41. The van der Waals surface area contributed by atoms with Crippen LogP contribution in [-0.4, -0.2) is 49.3 Å². The molecule has 2 aromatic rings. The number of β-amino-alcohol motifs (C(OH)–C–C–N with tert-alkyl or cyclic N) is 1. The Labute approximate surface area is 154 Å². The summed E-state index contributed by atoms with van der Waals surface area (Å²) in [6.07, 6.45) is 2.39. The monoisotopic (exact) mass is 360 g/mol. The van der Waals surface area contributed by atoms with Crippen LogP contribution in [0.1, 0.15) is 51.1 Å². The third kappa shape index (κ3) is 3.05. The topological polar surface area (TPSA) is 80.5 Å². The third-order valence-corrected chi connectivity index (χ3v) is 4.95. The number of carbonyl (C=O) groups is 1. The minimum absolute atomic E-state index is 0.214. The van der Waals surface area contributed by atoms with Crippen LogP contribution in [0.4, 0.5) is 4.79 Å². The van der Waals surface area contributed by atoms with Crippen molar-refractivity contribution in [2.24, 2.45) is 7.05 Å². The molecule has 0 spiro atoms. The van der Waals surface area contributed by atoms with Gasteiger partial charge in [-0.2, -0.15) is 0 Å². The van der Waals surface area contributed by atoms with Crippen LogP contribution in [0.3, 0.4) is 0 Å². The van der Waals surface area contributed by atoms with E-state index in [9.17, 15) is 9.90 Å². The number of amides is 1. The number of likely N-dealkylation sites (tertiary alicyclic amines) is 1. The average molecular weight is 360 g/mol. The fourth-order valence-electron chi connectivity index (χ4n) is 3.90. The van der Waals surface area contributed by atoms with E-state index in [2.05, 4.69) is 16.9 Å². The maximum atomic E-state index is 12.4. The molecule has 1 N–H and O–H groups in total. The molecule has 0 aromatic carbocycles. The highest BCUT2D eigenvalue weighted by Crippen LogP contribution is 2.39. The van der Waals surface area contributed by atoms with Crippen molar-refractivity contribution in [3.63, 3.8) is 0 Å². The van der Waals surface area contributed by atoms with E-state index in [0.717, 1.165) is 34.4 Å². The minimum atomic E-state index is -1.12. The van der Waals surface area contributed by atoms with Crippen LogP contribution >= 0.6 is 0 Å². The van der Waals surface area contributed by atoms with Crippen molar-refractivity contribution in [2.45, 2.75) is 58.7 Å². The Hall–Kier alpha value is -2.15. The first kappa shape index (κ1) is 18.6. The number of ether oxygens (including phenoxy) is 1. The maximum absolute atomic E-state index is 12.4. The second-order valence-corrected chi connectivity index (χ2v) is 8.08. The van der Waals surface area contributed by atoms with E-state index in [1.54, 1.807) is 11.2 Å². The molecule has 1 amide bonds. The Morgan fingerprint density at radius 1 is 1.38 bits per heavy atom. The third-order valence-electron chi connectivity index (χ3n) is 4.95. The number of hydrogen-bond acceptors (Lipinski definition) is 5. The lowest BCUT2D eigenvalue weighted by molar-refractivity contribution is 0.0115. The molecule has 7 nitrogen and oxygen atoms in total. The van der Waals surface area contributed by atoms with Gasteiger partial charge in [-0.3, -0.25) is 0 Å². The summed E-state index contributed by atoms with van der Waals surface area (Å²) in [6, 6.07) is 0. The summed E-state index contributed by atoms with van der Waals surface area (Å²) in [5.41, 5.74) is 1.91. The first-order chi connectivity index (χ1) is 12.1. The van der Waals surface area contributed by atoms with Gasteiger partial charge in [-0.25, -0.2) is 14.8 Å². The lowest BCUT2D eigenvalue weighted by atomic mass is 9.93. The van der Waals surface area contributed by atoms with Gasteiger partial charge >= 0.3 is 6.09 Å². The maximum Gasteiger partial charge on any atom is 0.410 e. The van der Waals surface area contributed by atoms with Crippen molar-refractivity contribution >= 4 is 17.1 Å². The van der Waals surface area contributed by atoms with Crippen molar-refractivity contribution in [1.82, 2.24) is 19.4 Å². The first-order valence-corrected chi connectivity index (χ1v) is 9.07. The fraction of sp³-hybridized carbons (Fsp3) is 0.632. The highest BCUT2D eigenvalue weighted by Gasteiger charge is 2.44. The Morgan fingerprint density at radius 3 is 2.69 bits per heavy atom. The molecule has 0 bridgehead atoms. The highest BCUT2D eigenvalue weighted by molar-refractivity contribution is 5.85. The standard InChI is InChI=1S/C19H28N4O3/c1-7-13-14-12(2)20-11-21-16(14)22(6)15(13)19(25)8-9-23(10-19)17(24)26-18(3,4)5/h11,25H,7-10H2,1-6H3. The molecule has 0 aliphatic carbocycles. The molecule has 2 aromatic heterocycles. The van der Waals surface area contributed by atoms with Crippen LogP contribution in [0.5, 0.6) is 0 Å². The van der Waals surface area contributed by atoms with Gasteiger partial charge in [0.1, 0.15) is 23.2 Å². The van der Waals surface area contributed by atoms with Gasteiger partial charge in [-0.05, 0) is 39.7 Å². The van der Waals surface area contributed by atoms with Crippen LogP contribution in [0.15, 0.2) is 6.33 Å². The predicted octanol–water partition coefficient (Wildman–Crippen LogP) is 2.67. The van der Waals surface area contributed by atoms with Gasteiger partial charge in [0.05, 0.1) is 17.9 Å². The average Bonchev–Trinajstić information content (AvgIpc) is 3.06. The van der Waals surface area contributed by atoms with E-state index in [1.165, 1.54) is 0 Å². The second-order valence-electron chi connectivity index (χ2n) is 8.08. The number of aliphatic hydroxyl groups is 1. The summed E-state index contributed by atoms with van der Waals surface area (Å²) in [4.78, 5) is 22.7. The summed E-state index contributed by atoms with van der Waals surface area (Å²) >= 11 is 0. The second kappa shape index (κ2) is 6.23. The number of hydrogen-bond donors (Lipinski definition) is 1. The quantitative estimate of drug-likeness (QED) is 0.890. The summed E-state index contributed by atoms with van der Waals surface area (Å²) in [6.45, 7) is 10.2. The zero-order valence-corrected chi connectivity index (χ0v) is 16.5. The number of rotatable bonds is 2. The Balaban J connectivity index is 2.01. The molecule has 1 saturated heterocycles. The molecule has 0 radical (unpaired) electrons. The van der Waals surface area contributed by atoms with Crippen molar-refractivity contribution in [3.8, 4) is 0 Å². The van der Waals surface area contributed by atoms with Gasteiger partial charge in [-0.15, -0.1) is 0 Å². The fourth-order valence-corrected chi connectivity index (χ4v) is 3.90. The van der Waals surface area contributed by atoms with Gasteiger partial charge in [0, 0.05) is 25.4 Å². The Bertz CT molecular complexity index is 853. The molecule has 3 rings (SSSR count). The predicted molar refractivity (Wildman–Crippen MR) is 98.9 cm³/mol. The van der Waals surface area contributed by atoms with Gasteiger partial charge in [0.15, 0.2) is 0 Å². The molecule has 1 aliphatic rings. The molecular weight excluding hydrogens is 332 g/mol. The molecule has 1 fully saturated rings. The number of carbonyl (C=O) groups excluding carboxylic acids is 1. The molecule has 1 atom stereocenters. The number of aryl methyl sites for hydroxylation is 3. The SMILES string of the molecule is CCc1c(C2(O)CCN(C(=O)OC(C)(C)C)C2)n(C)c2ncnc(C)c12. The molecule has 142 valence electrons. The molecule has 3 heterocycles. The smallest absolute Gasteiger partial charge is 0.410 e. The van der Waals surface area contributed by atoms with Crippen LogP contribution in [0.2, 0.25) is 0 Å². The Morgan fingerprint density at radius 2 is 2.08 bits per heavy atom. The van der Waals surface area contributed by atoms with Crippen molar-refractivity contribution in [1.29, 1.82) is 0 Å². The van der Waals surface area contributed by atoms with Gasteiger partial charge in [0.2, 0.25) is 0 Å². The molecule has 0 saturated carbocycles. The summed E-state index contributed by atoms with van der Waals surface area (Å²) in [5, 5.41) is 12.4. The molecule has 7 heteroatoms. The van der Waals surface area contributed by atoms with Gasteiger partial charge in [0.25, 0.3) is 0 Å². The lowest BCUT2D eigenvalue weighted by Gasteiger charge is -2.27. The zero-order chi connectivity index (χ0) is 19.3. The van der Waals surface area contributed by atoms with Crippen LogP contribution in [-0.2, 0) is 23.8 Å². The first-order valence-electron chi connectivity index (χ1n) is 9.07. The van der Waals surface area contributed by atoms with Crippen molar-refractivity contribution in [2.75, 3.05) is 13.1 Å². The molecule has 1 unspecified atom stereocenters. The lowest BCUT2D eigenvalue weighted by Crippen LogP contribution is -2.39. The summed E-state index contributed by atoms with van der Waals surface area (Å²) in [5.74, 6) is 0. The molecule has 1 aliphatic heterocycles. The van der Waals surface area contributed by atoms with Gasteiger partial charge in [-0.1, -0.05) is 6.92 Å². The van der Waals surface area contributed by atoms with E-state index < -0.39 is 11.2 Å². The molecule has 26 heavy (non-hydrogen) atoms. The van der Waals surface area contributed by atoms with E-state index >= 15 is 0 Å². The Kier molecular flexibility index (Phi) is 4.46. The van der Waals surface area contributed by atoms with E-state index in [4.69, 9.17) is 4.74 Å². The van der Waals surface area contributed by atoms with Gasteiger partial charge < -0.3 is 19.3 Å². The van der Waals surface area contributed by atoms with Crippen LogP contribution in [0.25, 0.3) is 11.0 Å². The van der Waals surface area contributed by atoms with E-state index in [0.29, 0.717) is 13.0 Å². The minimum Gasteiger partial charge on any atom is -0.444 e. The largest absolute Gasteiger partial charge is 0.444 e. The van der Waals surface area contributed by atoms with E-state index in [-0.39, 0.29) is 12.6 Å². The van der Waals surface area contributed by atoms with Crippen LogP contribution in [0, 0.1) is 6.92 Å². The van der Waals surface area contributed by atoms with Crippen LogP contribution < -0.4 is 0 Å². The molecular formula is C19H28N4O3. The van der Waals surface area contributed by atoms with Crippen molar-refractivity contribution in [3.05, 3.63) is 23.3 Å². The number of aromatic nitrogens is 3. The van der Waals surface area contributed by atoms with Crippen molar-refractivity contribution < 1.29 is 14.6 Å². The number of fused-ring (bicyclic) bond motifs is 1. The highest BCUT2D eigenvalue weighted by atomic mass is 16.6. The normalized spacial score (nSPS) is 20.8. The number of nitrogens with zero attached hydrogens (tertiary/aromatic N) is 4. The zero-order valence-electron chi connectivity index (χ0n) is 16.5. The van der Waals surface area contributed by atoms with E-state index in [1.807, 2.05) is 39.3 Å². The summed E-state index contributed by atoms with van der Waals surface area (Å²) in [7, 11) is 1.91.